The van der Waals surface area contributed by atoms with Gasteiger partial charge in [-0.3, -0.25) is 4.79 Å². The van der Waals surface area contributed by atoms with Crippen molar-refractivity contribution in [2.75, 3.05) is 12.4 Å². The van der Waals surface area contributed by atoms with Gasteiger partial charge >= 0.3 is 5.97 Å². The van der Waals surface area contributed by atoms with Gasteiger partial charge in [0.25, 0.3) is 5.91 Å². The van der Waals surface area contributed by atoms with Crippen LogP contribution in [0.25, 0.3) is 6.08 Å². The fourth-order valence-electron chi connectivity index (χ4n) is 3.76. The number of carbonyl (C=O) groups excluding carboxylic acids is 2. The Hall–Kier alpha value is -2.86. The molecule has 1 aliphatic carbocycles. The molecule has 0 radical (unpaired) electrons. The zero-order chi connectivity index (χ0) is 20.5. The van der Waals surface area contributed by atoms with Crippen molar-refractivity contribution in [2.24, 2.45) is 5.92 Å². The summed E-state index contributed by atoms with van der Waals surface area (Å²) in [5.41, 5.74) is 3.90. The van der Waals surface area contributed by atoms with Crippen LogP contribution in [0.15, 0.2) is 36.1 Å². The number of hydrogen-bond acceptors (Lipinski definition) is 5. The summed E-state index contributed by atoms with van der Waals surface area (Å²) >= 11 is 1.48. The molecule has 0 saturated heterocycles. The number of hydrogen-bond donors (Lipinski definition) is 1. The number of esters is 1. The number of thiophene rings is 1. The minimum atomic E-state index is -0.401. The molecular formula is C23H23NO4S. The summed E-state index contributed by atoms with van der Waals surface area (Å²) < 4.78 is 10.6. The molecule has 0 fully saturated rings. The van der Waals surface area contributed by atoms with Gasteiger partial charge in [0.05, 0.1) is 18.9 Å². The first-order chi connectivity index (χ1) is 14.0. The fraction of sp³-hybridized carbons (Fsp3) is 0.304. The van der Waals surface area contributed by atoms with Gasteiger partial charge in [0.1, 0.15) is 10.8 Å². The summed E-state index contributed by atoms with van der Waals surface area (Å²) in [6.07, 6.45) is 7.73. The van der Waals surface area contributed by atoms with Crippen LogP contribution in [0, 0.1) is 12.8 Å². The average Bonchev–Trinajstić information content (AvgIpc) is 2.90. The molecule has 0 saturated carbocycles. The van der Waals surface area contributed by atoms with E-state index < -0.39 is 5.97 Å². The number of aryl methyl sites for hydroxylation is 1. The number of fused-ring (bicyclic) bond motifs is 2. The lowest BCUT2D eigenvalue weighted by molar-refractivity contribution is -0.112. The van der Waals surface area contributed by atoms with Crippen LogP contribution in [-0.2, 0) is 22.4 Å². The van der Waals surface area contributed by atoms with Crippen LogP contribution in [0.4, 0.5) is 5.00 Å². The second kappa shape index (κ2) is 7.87. The third-order valence-corrected chi connectivity index (χ3v) is 6.48. The average molecular weight is 410 g/mol. The minimum absolute atomic E-state index is 0.281. The smallest absolute Gasteiger partial charge is 0.341 e. The van der Waals surface area contributed by atoms with E-state index in [1.54, 1.807) is 12.2 Å². The summed E-state index contributed by atoms with van der Waals surface area (Å²) in [5.74, 6) is 0.586. The fourth-order valence-corrected chi connectivity index (χ4v) is 5.15. The van der Waals surface area contributed by atoms with E-state index in [1.807, 2.05) is 25.1 Å². The first-order valence-corrected chi connectivity index (χ1v) is 10.5. The standard InChI is InChI=1S/C23H23NO4S/c1-13-5-7-18-16(10-13)12-15(8-9-28-18)21(25)24-22-20(23(26)27-3)17-6-4-14(2)11-19(17)29-22/h5,7-10,12,14H,4,6,11H2,1-3H3,(H,24,25). The SMILES string of the molecule is COC(=O)c1c(NC(=O)C2=Cc3cc(C)ccc3OC=C2)sc2c1CCC(C)C2. The van der Waals surface area contributed by atoms with Gasteiger partial charge < -0.3 is 14.8 Å². The van der Waals surface area contributed by atoms with Crippen molar-refractivity contribution in [3.63, 3.8) is 0 Å². The van der Waals surface area contributed by atoms with Gasteiger partial charge in [0.2, 0.25) is 0 Å². The molecule has 1 unspecified atom stereocenters. The van der Waals surface area contributed by atoms with Crippen LogP contribution in [0.5, 0.6) is 5.75 Å². The second-order valence-corrected chi connectivity index (χ2v) is 8.67. The van der Waals surface area contributed by atoms with E-state index in [2.05, 4.69) is 12.2 Å². The molecule has 6 heteroatoms. The third kappa shape index (κ3) is 3.85. The Morgan fingerprint density at radius 1 is 1.31 bits per heavy atom. The molecule has 1 atom stereocenters. The molecule has 150 valence electrons. The highest BCUT2D eigenvalue weighted by atomic mass is 32.1. The number of ether oxygens (including phenoxy) is 2. The number of anilines is 1. The first kappa shape index (κ1) is 19.5. The summed E-state index contributed by atoms with van der Waals surface area (Å²) in [7, 11) is 1.37. The van der Waals surface area contributed by atoms with Crippen LogP contribution in [0.1, 0.15) is 45.3 Å². The number of benzene rings is 1. The quantitative estimate of drug-likeness (QED) is 0.733. The van der Waals surface area contributed by atoms with Gasteiger partial charge in [-0.25, -0.2) is 4.79 Å². The highest BCUT2D eigenvalue weighted by Gasteiger charge is 2.29. The van der Waals surface area contributed by atoms with Crippen LogP contribution in [0.2, 0.25) is 0 Å². The van der Waals surface area contributed by atoms with Crippen molar-refractivity contribution >= 4 is 34.3 Å². The number of carbonyl (C=O) groups is 2. The summed E-state index contributed by atoms with van der Waals surface area (Å²) in [6.45, 7) is 4.20. The van der Waals surface area contributed by atoms with E-state index in [0.29, 0.717) is 27.8 Å². The molecule has 1 aromatic carbocycles. The lowest BCUT2D eigenvalue weighted by Crippen LogP contribution is -2.16. The predicted molar refractivity (Wildman–Crippen MR) is 114 cm³/mol. The van der Waals surface area contributed by atoms with E-state index in [4.69, 9.17) is 9.47 Å². The maximum Gasteiger partial charge on any atom is 0.341 e. The topological polar surface area (TPSA) is 64.6 Å². The number of methoxy groups -OCH3 is 1. The number of rotatable bonds is 3. The summed E-state index contributed by atoms with van der Waals surface area (Å²) in [5, 5.41) is 3.50. The molecule has 0 bridgehead atoms. The van der Waals surface area contributed by atoms with E-state index in [1.165, 1.54) is 24.7 Å². The van der Waals surface area contributed by atoms with Crippen LogP contribution < -0.4 is 10.1 Å². The Balaban J connectivity index is 1.67. The van der Waals surface area contributed by atoms with Crippen molar-refractivity contribution in [1.82, 2.24) is 0 Å². The van der Waals surface area contributed by atoms with E-state index >= 15 is 0 Å². The molecule has 4 rings (SSSR count). The maximum absolute atomic E-state index is 13.0. The normalized spacial score (nSPS) is 17.3. The minimum Gasteiger partial charge on any atom is -0.465 e. The first-order valence-electron chi connectivity index (χ1n) is 9.66. The van der Waals surface area contributed by atoms with Crippen LogP contribution in [-0.4, -0.2) is 19.0 Å². The van der Waals surface area contributed by atoms with Crippen LogP contribution in [0.3, 0.4) is 0 Å². The lowest BCUT2D eigenvalue weighted by Gasteiger charge is -2.18. The molecule has 2 heterocycles. The van der Waals surface area contributed by atoms with Crippen molar-refractivity contribution in [1.29, 1.82) is 0 Å². The van der Waals surface area contributed by atoms with Gasteiger partial charge in [-0.1, -0.05) is 18.6 Å². The van der Waals surface area contributed by atoms with Crippen molar-refractivity contribution in [2.45, 2.75) is 33.1 Å². The lowest BCUT2D eigenvalue weighted by atomic mass is 9.88. The predicted octanol–water partition coefficient (Wildman–Crippen LogP) is 4.90. The van der Waals surface area contributed by atoms with Crippen molar-refractivity contribution in [3.8, 4) is 5.75 Å². The van der Waals surface area contributed by atoms with Gasteiger partial charge in [0, 0.05) is 16.0 Å². The highest BCUT2D eigenvalue weighted by Crippen LogP contribution is 2.40. The number of nitrogens with one attached hydrogen (secondary N) is 1. The summed E-state index contributed by atoms with van der Waals surface area (Å²) in [6, 6.07) is 5.82. The molecule has 1 aromatic heterocycles. The highest BCUT2D eigenvalue weighted by molar-refractivity contribution is 7.17. The Labute approximate surface area is 174 Å². The van der Waals surface area contributed by atoms with E-state index in [-0.39, 0.29) is 5.91 Å². The van der Waals surface area contributed by atoms with Crippen molar-refractivity contribution < 1.29 is 19.1 Å². The third-order valence-electron chi connectivity index (χ3n) is 5.31. The molecule has 29 heavy (non-hydrogen) atoms. The number of amides is 1. The molecule has 2 aromatic rings. The molecule has 0 spiro atoms. The van der Waals surface area contributed by atoms with Gasteiger partial charge in [-0.05, 0) is 62.0 Å². The maximum atomic E-state index is 13.0. The second-order valence-electron chi connectivity index (χ2n) is 7.56. The largest absolute Gasteiger partial charge is 0.465 e. The Kier molecular flexibility index (Phi) is 5.28. The molecule has 1 N–H and O–H groups in total. The van der Waals surface area contributed by atoms with Gasteiger partial charge in [-0.15, -0.1) is 11.3 Å². The van der Waals surface area contributed by atoms with Crippen molar-refractivity contribution in [3.05, 3.63) is 63.2 Å². The Morgan fingerprint density at radius 3 is 2.93 bits per heavy atom. The Bertz CT molecular complexity index is 1050. The Morgan fingerprint density at radius 2 is 2.14 bits per heavy atom. The molecule has 5 nitrogen and oxygen atoms in total. The van der Waals surface area contributed by atoms with Gasteiger partial charge in [0.15, 0.2) is 0 Å². The van der Waals surface area contributed by atoms with E-state index in [9.17, 15) is 9.59 Å². The van der Waals surface area contributed by atoms with Crippen LogP contribution >= 0.6 is 11.3 Å². The molecule has 1 aliphatic heterocycles. The zero-order valence-electron chi connectivity index (χ0n) is 16.7. The monoisotopic (exact) mass is 409 g/mol. The summed E-state index contributed by atoms with van der Waals surface area (Å²) in [4.78, 5) is 26.6. The molecular weight excluding hydrogens is 386 g/mol. The van der Waals surface area contributed by atoms with E-state index in [0.717, 1.165) is 40.8 Å². The molecule has 1 amide bonds. The zero-order valence-corrected chi connectivity index (χ0v) is 17.5. The van der Waals surface area contributed by atoms with Gasteiger partial charge in [-0.2, -0.15) is 0 Å². The molecule has 2 aliphatic rings.